The van der Waals surface area contributed by atoms with E-state index in [0.29, 0.717) is 16.3 Å². The third-order valence-electron chi connectivity index (χ3n) is 3.91. The molecule has 4 nitrogen and oxygen atoms in total. The predicted molar refractivity (Wildman–Crippen MR) is 78.4 cm³/mol. The Kier molecular flexibility index (Phi) is 4.89. The van der Waals surface area contributed by atoms with E-state index in [1.807, 2.05) is 0 Å². The molecule has 0 bridgehead atoms. The summed E-state index contributed by atoms with van der Waals surface area (Å²) >= 11 is 6.05. The van der Waals surface area contributed by atoms with Crippen molar-refractivity contribution in [3.8, 4) is 5.75 Å². The Balaban J connectivity index is 2.15. The van der Waals surface area contributed by atoms with Crippen molar-refractivity contribution in [2.45, 2.75) is 37.8 Å². The summed E-state index contributed by atoms with van der Waals surface area (Å²) in [5.41, 5.74) is 0.510. The molecule has 1 fully saturated rings. The molecule has 1 amide bonds. The quantitative estimate of drug-likeness (QED) is 0.933. The summed E-state index contributed by atoms with van der Waals surface area (Å²) in [6.07, 6.45) is 3.22. The van der Waals surface area contributed by atoms with E-state index in [9.17, 15) is 9.90 Å². The number of amides is 1. The number of rotatable bonds is 3. The molecule has 0 spiro atoms. The van der Waals surface area contributed by atoms with Crippen LogP contribution in [-0.4, -0.2) is 42.2 Å². The van der Waals surface area contributed by atoms with Crippen molar-refractivity contribution in [2.24, 2.45) is 0 Å². The van der Waals surface area contributed by atoms with E-state index in [1.54, 1.807) is 30.1 Å². The Labute approximate surface area is 124 Å². The lowest BCUT2D eigenvalue weighted by molar-refractivity contribution is 0.0268. The average Bonchev–Trinajstić information content (AvgIpc) is 2.46. The molecule has 0 unspecified atom stereocenters. The van der Waals surface area contributed by atoms with E-state index in [0.717, 1.165) is 25.7 Å². The van der Waals surface area contributed by atoms with Gasteiger partial charge in [-0.3, -0.25) is 4.79 Å². The van der Waals surface area contributed by atoms with Crippen LogP contribution in [0.3, 0.4) is 0 Å². The molecule has 20 heavy (non-hydrogen) atoms. The number of aliphatic hydroxyl groups is 1. The first kappa shape index (κ1) is 15.1. The van der Waals surface area contributed by atoms with Gasteiger partial charge in [0.15, 0.2) is 0 Å². The summed E-state index contributed by atoms with van der Waals surface area (Å²) in [4.78, 5) is 14.1. The molecule has 1 N–H and O–H groups in total. The van der Waals surface area contributed by atoms with Crippen LogP contribution in [0.25, 0.3) is 0 Å². The molecule has 1 saturated carbocycles. The van der Waals surface area contributed by atoms with Crippen molar-refractivity contribution in [2.75, 3.05) is 14.2 Å². The SMILES string of the molecule is COc1ccc(C(=O)N(C)[C@@H]2CCCC[C@H]2O)cc1Cl. The van der Waals surface area contributed by atoms with Crippen LogP contribution in [0.4, 0.5) is 0 Å². The smallest absolute Gasteiger partial charge is 0.253 e. The lowest BCUT2D eigenvalue weighted by Crippen LogP contribution is -2.46. The Morgan fingerprint density at radius 1 is 1.40 bits per heavy atom. The van der Waals surface area contributed by atoms with E-state index < -0.39 is 6.10 Å². The molecule has 110 valence electrons. The van der Waals surface area contributed by atoms with Gasteiger partial charge in [-0.1, -0.05) is 24.4 Å². The number of benzene rings is 1. The van der Waals surface area contributed by atoms with Crippen molar-refractivity contribution >= 4 is 17.5 Å². The Morgan fingerprint density at radius 3 is 2.70 bits per heavy atom. The number of halogens is 1. The fraction of sp³-hybridized carbons (Fsp3) is 0.533. The minimum absolute atomic E-state index is 0.114. The highest BCUT2D eigenvalue weighted by Crippen LogP contribution is 2.27. The summed E-state index contributed by atoms with van der Waals surface area (Å²) < 4.78 is 5.08. The van der Waals surface area contributed by atoms with Crippen molar-refractivity contribution in [3.05, 3.63) is 28.8 Å². The van der Waals surface area contributed by atoms with Crippen LogP contribution in [0.1, 0.15) is 36.0 Å². The maximum atomic E-state index is 12.5. The number of hydrogen-bond acceptors (Lipinski definition) is 3. The van der Waals surface area contributed by atoms with Gasteiger partial charge in [0.05, 0.1) is 24.3 Å². The third kappa shape index (κ3) is 3.07. The van der Waals surface area contributed by atoms with Crippen LogP contribution in [0.15, 0.2) is 18.2 Å². The number of carbonyl (C=O) groups excluding carboxylic acids is 1. The molecule has 2 rings (SSSR count). The van der Waals surface area contributed by atoms with Gasteiger partial charge in [0, 0.05) is 12.6 Å². The largest absolute Gasteiger partial charge is 0.495 e. The zero-order chi connectivity index (χ0) is 14.7. The fourth-order valence-electron chi connectivity index (χ4n) is 2.70. The molecule has 2 atom stereocenters. The first-order valence-electron chi connectivity index (χ1n) is 6.83. The molecule has 5 heteroatoms. The molecule has 1 aromatic carbocycles. The standard InChI is InChI=1S/C15H20ClNO3/c1-17(12-5-3-4-6-13(12)18)15(19)10-7-8-14(20-2)11(16)9-10/h7-9,12-13,18H,3-6H2,1-2H3/t12-,13-/m1/s1. The maximum absolute atomic E-state index is 12.5. The predicted octanol–water partition coefficient (Wildman–Crippen LogP) is 2.72. The molecule has 1 aliphatic rings. The van der Waals surface area contributed by atoms with Crippen LogP contribution in [0, 0.1) is 0 Å². The second kappa shape index (κ2) is 6.46. The van der Waals surface area contributed by atoms with Crippen molar-refractivity contribution in [1.82, 2.24) is 4.90 Å². The number of aliphatic hydroxyl groups excluding tert-OH is 1. The highest BCUT2D eigenvalue weighted by Gasteiger charge is 2.29. The molecule has 0 aromatic heterocycles. The molecule has 0 aliphatic heterocycles. The molecule has 1 aliphatic carbocycles. The molecular formula is C15H20ClNO3. The maximum Gasteiger partial charge on any atom is 0.253 e. The lowest BCUT2D eigenvalue weighted by Gasteiger charge is -2.35. The molecule has 0 saturated heterocycles. The van der Waals surface area contributed by atoms with Crippen molar-refractivity contribution < 1.29 is 14.6 Å². The Hall–Kier alpha value is -1.26. The van der Waals surface area contributed by atoms with Gasteiger partial charge >= 0.3 is 0 Å². The Morgan fingerprint density at radius 2 is 2.10 bits per heavy atom. The van der Waals surface area contributed by atoms with Gasteiger partial charge in [-0.15, -0.1) is 0 Å². The van der Waals surface area contributed by atoms with Crippen molar-refractivity contribution in [1.29, 1.82) is 0 Å². The van der Waals surface area contributed by atoms with Gasteiger partial charge in [0.1, 0.15) is 5.75 Å². The highest BCUT2D eigenvalue weighted by molar-refractivity contribution is 6.32. The summed E-state index contributed by atoms with van der Waals surface area (Å²) in [6.45, 7) is 0. The summed E-state index contributed by atoms with van der Waals surface area (Å²) in [5.74, 6) is 0.420. The highest BCUT2D eigenvalue weighted by atomic mass is 35.5. The number of nitrogens with zero attached hydrogens (tertiary/aromatic N) is 1. The van der Waals surface area contributed by atoms with Gasteiger partial charge in [-0.2, -0.15) is 0 Å². The fourth-order valence-corrected chi connectivity index (χ4v) is 2.95. The first-order valence-corrected chi connectivity index (χ1v) is 7.21. The van der Waals surface area contributed by atoms with Crippen molar-refractivity contribution in [3.63, 3.8) is 0 Å². The molecule has 0 heterocycles. The summed E-state index contributed by atoms with van der Waals surface area (Å²) in [6, 6.07) is 4.87. The minimum Gasteiger partial charge on any atom is -0.495 e. The van der Waals surface area contributed by atoms with Gasteiger partial charge < -0.3 is 14.7 Å². The third-order valence-corrected chi connectivity index (χ3v) is 4.21. The van der Waals surface area contributed by atoms with E-state index in [2.05, 4.69) is 0 Å². The number of carbonyl (C=O) groups is 1. The minimum atomic E-state index is -0.438. The van der Waals surface area contributed by atoms with Crippen LogP contribution < -0.4 is 4.74 Å². The zero-order valence-electron chi connectivity index (χ0n) is 11.8. The van der Waals surface area contributed by atoms with Crippen LogP contribution in [-0.2, 0) is 0 Å². The molecular weight excluding hydrogens is 278 g/mol. The monoisotopic (exact) mass is 297 g/mol. The number of ether oxygens (including phenoxy) is 1. The number of methoxy groups -OCH3 is 1. The van der Waals surface area contributed by atoms with E-state index in [-0.39, 0.29) is 11.9 Å². The Bertz CT molecular complexity index is 492. The van der Waals surface area contributed by atoms with Gasteiger partial charge in [-0.25, -0.2) is 0 Å². The molecule has 0 radical (unpaired) electrons. The number of likely N-dealkylation sites (N-methyl/N-ethyl adjacent to an activating group) is 1. The average molecular weight is 298 g/mol. The zero-order valence-corrected chi connectivity index (χ0v) is 12.6. The topological polar surface area (TPSA) is 49.8 Å². The molecule has 1 aromatic rings. The van der Waals surface area contributed by atoms with Gasteiger partial charge in [-0.05, 0) is 31.0 Å². The summed E-state index contributed by atoms with van der Waals surface area (Å²) in [5, 5.41) is 10.4. The summed E-state index contributed by atoms with van der Waals surface area (Å²) in [7, 11) is 3.27. The normalized spacial score (nSPS) is 22.4. The first-order chi connectivity index (χ1) is 9.54. The van der Waals surface area contributed by atoms with Gasteiger partial charge in [0.2, 0.25) is 0 Å². The van der Waals surface area contributed by atoms with E-state index in [4.69, 9.17) is 16.3 Å². The van der Waals surface area contributed by atoms with E-state index >= 15 is 0 Å². The second-order valence-corrected chi connectivity index (χ2v) is 5.59. The second-order valence-electron chi connectivity index (χ2n) is 5.18. The lowest BCUT2D eigenvalue weighted by atomic mass is 9.91. The van der Waals surface area contributed by atoms with E-state index in [1.165, 1.54) is 7.11 Å². The van der Waals surface area contributed by atoms with Gasteiger partial charge in [0.25, 0.3) is 5.91 Å². The number of hydrogen-bond donors (Lipinski definition) is 1. The van der Waals surface area contributed by atoms with Crippen LogP contribution >= 0.6 is 11.6 Å². The van der Waals surface area contributed by atoms with Crippen LogP contribution in [0.5, 0.6) is 5.75 Å². The van der Waals surface area contributed by atoms with Crippen LogP contribution in [0.2, 0.25) is 5.02 Å².